The van der Waals surface area contributed by atoms with E-state index in [1.54, 1.807) is 0 Å². The number of rotatable bonds is 10. The topological polar surface area (TPSA) is 111 Å². The molecule has 1 aliphatic rings. The van der Waals surface area contributed by atoms with Crippen molar-refractivity contribution >= 4 is 41.4 Å². The Bertz CT molecular complexity index is 902. The first-order valence-corrected chi connectivity index (χ1v) is 10.3. The normalized spacial score (nSPS) is 17.2. The molecule has 9 nitrogen and oxygen atoms in total. The average molecular weight is 463 g/mol. The van der Waals surface area contributed by atoms with E-state index in [0.29, 0.717) is 5.75 Å². The maximum atomic E-state index is 13.0. The summed E-state index contributed by atoms with van der Waals surface area (Å²) in [6, 6.07) is 3.58. The third kappa shape index (κ3) is 6.88. The van der Waals surface area contributed by atoms with Gasteiger partial charge in [0.2, 0.25) is 5.91 Å². The van der Waals surface area contributed by atoms with Crippen molar-refractivity contribution in [1.29, 1.82) is 0 Å². The van der Waals surface area contributed by atoms with Gasteiger partial charge in [-0.05, 0) is 24.5 Å². The monoisotopic (exact) mass is 462 g/mol. The third-order valence-corrected chi connectivity index (χ3v) is 4.87. The third-order valence-electron chi connectivity index (χ3n) is 4.69. The van der Waals surface area contributed by atoms with Gasteiger partial charge in [0.05, 0.1) is 12.7 Å². The van der Waals surface area contributed by atoms with E-state index in [1.807, 2.05) is 0 Å². The van der Waals surface area contributed by atoms with Gasteiger partial charge < -0.3 is 19.5 Å². The Labute approximate surface area is 191 Å². The van der Waals surface area contributed by atoms with Gasteiger partial charge in [0.1, 0.15) is 25.0 Å². The van der Waals surface area contributed by atoms with Crippen LogP contribution in [-0.4, -0.2) is 60.9 Å². The molecule has 0 unspecified atom stereocenters. The number of nitrogens with zero attached hydrogens (tertiary/aromatic N) is 1. The number of hydrogen-bond acceptors (Lipinski definition) is 7. The Hall–Kier alpha value is -3.27. The van der Waals surface area contributed by atoms with Crippen LogP contribution in [0.5, 0.6) is 5.75 Å². The molecule has 32 heavy (non-hydrogen) atoms. The first-order valence-electron chi connectivity index (χ1n) is 9.83. The number of carbonyl (C=O) groups excluding carboxylic acids is 4. The highest BCUT2D eigenvalue weighted by Gasteiger charge is 2.41. The van der Waals surface area contributed by atoms with Crippen LogP contribution in [0.15, 0.2) is 43.5 Å². The Morgan fingerprint density at radius 3 is 2.47 bits per heavy atom. The minimum atomic E-state index is -0.868. The lowest BCUT2D eigenvalue weighted by atomic mass is 10.0. The number of amides is 2. The van der Waals surface area contributed by atoms with Crippen LogP contribution in [-0.2, 0) is 19.1 Å². The van der Waals surface area contributed by atoms with E-state index in [0.717, 1.165) is 0 Å². The highest BCUT2D eigenvalue weighted by molar-refractivity contribution is 7.96. The second-order valence-electron chi connectivity index (χ2n) is 7.06. The maximum absolute atomic E-state index is 13.0. The largest absolute Gasteiger partial charge is 0.497 e. The summed E-state index contributed by atoms with van der Waals surface area (Å²) in [5.41, 5.74) is 0.460. The van der Waals surface area contributed by atoms with E-state index in [-0.39, 0.29) is 54.9 Å². The van der Waals surface area contributed by atoms with E-state index in [1.165, 1.54) is 42.4 Å². The molecule has 0 aliphatic carbocycles. The fraction of sp³-hybridized carbons (Fsp3) is 0.364. The molecule has 0 spiro atoms. The summed E-state index contributed by atoms with van der Waals surface area (Å²) in [5.74, 6) is -1.00. The van der Waals surface area contributed by atoms with Crippen molar-refractivity contribution in [3.05, 3.63) is 49.1 Å². The summed E-state index contributed by atoms with van der Waals surface area (Å²) < 4.78 is 15.3. The number of nitrogens with one attached hydrogen (secondary N) is 1. The standard InChI is InChI=1S/C22H26N2O7S/c1-4-6-30-21(27)15-10-16(12-17(11-15)29-3)23-20(26)18-8-14(9-19(25)32)13-24(18)22(28)31-7-5-2/h4-5,10-12,14,18H,1-2,6-9,13H2,3H3,(H,23,26)(H,25,32)/t14-,18-/m0/s1. The lowest BCUT2D eigenvalue weighted by molar-refractivity contribution is -0.120. The van der Waals surface area contributed by atoms with Crippen LogP contribution in [0.1, 0.15) is 23.2 Å². The number of thiol groups is 1. The van der Waals surface area contributed by atoms with Crippen molar-refractivity contribution in [3.8, 4) is 5.75 Å². The molecule has 10 heteroatoms. The fourth-order valence-electron chi connectivity index (χ4n) is 3.33. The number of anilines is 1. The smallest absolute Gasteiger partial charge is 0.410 e. The molecule has 1 N–H and O–H groups in total. The molecule has 1 saturated heterocycles. The SMILES string of the molecule is C=CCOC(=O)c1cc(NC(=O)[C@@H]2C[C@@H](CC(=O)S)CN2C(=O)OCC=C)cc(OC)c1. The Morgan fingerprint density at radius 2 is 1.84 bits per heavy atom. The zero-order valence-corrected chi connectivity index (χ0v) is 18.6. The number of methoxy groups -OCH3 is 1. The molecule has 0 bridgehead atoms. The molecule has 1 aliphatic heterocycles. The number of benzene rings is 1. The molecule has 0 saturated carbocycles. The zero-order valence-electron chi connectivity index (χ0n) is 17.7. The lowest BCUT2D eigenvalue weighted by Gasteiger charge is -2.23. The minimum absolute atomic E-state index is 0.00803. The maximum Gasteiger partial charge on any atom is 0.410 e. The Morgan fingerprint density at radius 1 is 1.16 bits per heavy atom. The summed E-state index contributed by atoms with van der Waals surface area (Å²) in [5, 5.41) is 2.38. The number of ether oxygens (including phenoxy) is 3. The number of hydrogen-bond donors (Lipinski definition) is 2. The van der Waals surface area contributed by atoms with Gasteiger partial charge >= 0.3 is 12.1 Å². The number of esters is 1. The summed E-state index contributed by atoms with van der Waals surface area (Å²) in [6.07, 6.45) is 2.56. The minimum Gasteiger partial charge on any atom is -0.497 e. The van der Waals surface area contributed by atoms with Crippen LogP contribution >= 0.6 is 12.6 Å². The molecule has 2 amide bonds. The lowest BCUT2D eigenvalue weighted by Crippen LogP contribution is -2.43. The van der Waals surface area contributed by atoms with Gasteiger partial charge in [-0.3, -0.25) is 14.5 Å². The second-order valence-corrected chi connectivity index (χ2v) is 7.56. The van der Waals surface area contributed by atoms with E-state index < -0.39 is 24.0 Å². The second kappa shape index (κ2) is 11.9. The summed E-state index contributed by atoms with van der Waals surface area (Å²) in [6.45, 7) is 7.19. The molecule has 1 aromatic rings. The zero-order chi connectivity index (χ0) is 23.7. The predicted octanol–water partition coefficient (Wildman–Crippen LogP) is 2.84. The fourth-order valence-corrected chi connectivity index (χ4v) is 3.59. The number of likely N-dealkylation sites (tertiary alicyclic amines) is 1. The van der Waals surface area contributed by atoms with E-state index in [4.69, 9.17) is 14.2 Å². The molecule has 2 rings (SSSR count). The van der Waals surface area contributed by atoms with Gasteiger partial charge in [-0.25, -0.2) is 9.59 Å². The van der Waals surface area contributed by atoms with Crippen molar-refractivity contribution in [1.82, 2.24) is 4.90 Å². The molecule has 0 radical (unpaired) electrons. The first-order chi connectivity index (χ1) is 15.3. The van der Waals surface area contributed by atoms with Crippen molar-refractivity contribution in [2.45, 2.75) is 18.9 Å². The van der Waals surface area contributed by atoms with Crippen LogP contribution in [0.25, 0.3) is 0 Å². The summed E-state index contributed by atoms with van der Waals surface area (Å²) >= 11 is 3.80. The van der Waals surface area contributed by atoms with Gasteiger partial charge in [-0.2, -0.15) is 0 Å². The van der Waals surface area contributed by atoms with Gasteiger partial charge in [-0.1, -0.05) is 25.3 Å². The Kier molecular flexibility index (Phi) is 9.33. The van der Waals surface area contributed by atoms with E-state index in [2.05, 4.69) is 31.1 Å². The van der Waals surface area contributed by atoms with Gasteiger partial charge in [0, 0.05) is 24.7 Å². The molecule has 2 atom stereocenters. The number of carbonyl (C=O) groups is 4. The summed E-state index contributed by atoms with van der Waals surface area (Å²) in [7, 11) is 1.42. The highest BCUT2D eigenvalue weighted by Crippen LogP contribution is 2.29. The average Bonchev–Trinajstić information content (AvgIpc) is 3.18. The van der Waals surface area contributed by atoms with Crippen LogP contribution in [0.3, 0.4) is 0 Å². The summed E-state index contributed by atoms with van der Waals surface area (Å²) in [4.78, 5) is 50.4. The van der Waals surface area contributed by atoms with Crippen LogP contribution in [0.2, 0.25) is 0 Å². The van der Waals surface area contributed by atoms with Crippen molar-refractivity contribution in [2.24, 2.45) is 5.92 Å². The van der Waals surface area contributed by atoms with E-state index >= 15 is 0 Å². The molecule has 1 fully saturated rings. The highest BCUT2D eigenvalue weighted by atomic mass is 32.1. The molecule has 172 valence electrons. The van der Waals surface area contributed by atoms with Gasteiger partial charge in [0.25, 0.3) is 0 Å². The van der Waals surface area contributed by atoms with Crippen molar-refractivity contribution in [3.63, 3.8) is 0 Å². The van der Waals surface area contributed by atoms with Gasteiger partial charge in [0.15, 0.2) is 5.12 Å². The van der Waals surface area contributed by atoms with Gasteiger partial charge in [-0.15, -0.1) is 12.6 Å². The molecule has 1 heterocycles. The van der Waals surface area contributed by atoms with Crippen LogP contribution < -0.4 is 10.1 Å². The van der Waals surface area contributed by atoms with Crippen molar-refractivity contribution < 1.29 is 33.4 Å². The van der Waals surface area contributed by atoms with E-state index in [9.17, 15) is 19.2 Å². The predicted molar refractivity (Wildman–Crippen MR) is 121 cm³/mol. The molecule has 0 aromatic heterocycles. The first kappa shape index (κ1) is 25.0. The molecular formula is C22H26N2O7S. The van der Waals surface area contributed by atoms with Crippen LogP contribution in [0.4, 0.5) is 10.5 Å². The Balaban J connectivity index is 2.22. The van der Waals surface area contributed by atoms with Crippen LogP contribution in [0, 0.1) is 5.92 Å². The molecule has 1 aromatic carbocycles. The molecular weight excluding hydrogens is 436 g/mol. The quantitative estimate of drug-likeness (QED) is 0.312. The van der Waals surface area contributed by atoms with Crippen molar-refractivity contribution in [2.75, 3.05) is 32.2 Å².